The Kier molecular flexibility index (Phi) is 5.93. The molecule has 5 nitrogen and oxygen atoms in total. The molecule has 1 saturated heterocycles. The smallest absolute Gasteiger partial charge is 0.333 e. The van der Waals surface area contributed by atoms with Crippen LogP contribution in [0.3, 0.4) is 0 Å². The van der Waals surface area contributed by atoms with Crippen molar-refractivity contribution >= 4 is 46.3 Å². The van der Waals surface area contributed by atoms with Crippen molar-refractivity contribution in [2.45, 2.75) is 13.0 Å². The molecule has 1 amide bonds. The van der Waals surface area contributed by atoms with E-state index < -0.39 is 12.0 Å². The molecule has 3 rings (SSSR count). The molecule has 1 atom stereocenters. The summed E-state index contributed by atoms with van der Waals surface area (Å²) < 4.78 is 5.47. The number of rotatable bonds is 5. The van der Waals surface area contributed by atoms with Gasteiger partial charge in [-0.3, -0.25) is 9.69 Å². The number of hydrogen-bond acceptors (Lipinski definition) is 6. The number of amides is 1. The molecule has 0 radical (unpaired) electrons. The van der Waals surface area contributed by atoms with E-state index in [9.17, 15) is 14.7 Å². The molecule has 0 saturated carbocycles. The minimum atomic E-state index is -0.936. The lowest BCUT2D eigenvalue weighted by Gasteiger charge is -2.25. The van der Waals surface area contributed by atoms with Gasteiger partial charge in [-0.05, 0) is 36.3 Å². The normalized spacial score (nSPS) is 16.6. The van der Waals surface area contributed by atoms with Crippen molar-refractivity contribution in [3.05, 3.63) is 70.6 Å². The second kappa shape index (κ2) is 8.37. The van der Waals surface area contributed by atoms with Crippen molar-refractivity contribution in [2.24, 2.45) is 0 Å². The zero-order chi connectivity index (χ0) is 19.4. The van der Waals surface area contributed by atoms with Crippen LogP contribution in [0, 0.1) is 0 Å². The number of carbonyl (C=O) groups is 2. The number of benzene rings is 2. The second-order valence-corrected chi connectivity index (χ2v) is 7.39. The number of esters is 1. The third-order valence-electron chi connectivity index (χ3n) is 3.87. The molecule has 0 aromatic heterocycles. The zero-order valence-electron chi connectivity index (χ0n) is 14.5. The first-order chi connectivity index (χ1) is 13.0. The lowest BCUT2D eigenvalue weighted by molar-refractivity contribution is -0.151. The predicted molar refractivity (Wildman–Crippen MR) is 109 cm³/mol. The van der Waals surface area contributed by atoms with Gasteiger partial charge in [-0.15, -0.1) is 0 Å². The quantitative estimate of drug-likeness (QED) is 0.467. The Balaban J connectivity index is 1.97. The number of ether oxygens (including phenoxy) is 1. The monoisotopic (exact) mass is 399 g/mol. The van der Waals surface area contributed by atoms with Crippen LogP contribution in [0.1, 0.15) is 24.1 Å². The van der Waals surface area contributed by atoms with Crippen LogP contribution in [-0.2, 0) is 14.3 Å². The van der Waals surface area contributed by atoms with Gasteiger partial charge in [0.05, 0.1) is 11.5 Å². The highest BCUT2D eigenvalue weighted by Gasteiger charge is 2.42. The molecule has 0 bridgehead atoms. The maximum Gasteiger partial charge on any atom is 0.333 e. The summed E-state index contributed by atoms with van der Waals surface area (Å²) in [5.74, 6) is -0.790. The molecule has 1 heterocycles. The van der Waals surface area contributed by atoms with Crippen molar-refractivity contribution in [3.8, 4) is 5.75 Å². The van der Waals surface area contributed by atoms with Crippen LogP contribution in [0.15, 0.2) is 59.5 Å². The summed E-state index contributed by atoms with van der Waals surface area (Å²) in [4.78, 5) is 27.3. The van der Waals surface area contributed by atoms with Crippen LogP contribution in [0.25, 0.3) is 6.08 Å². The average Bonchev–Trinajstić information content (AvgIpc) is 2.91. The summed E-state index contributed by atoms with van der Waals surface area (Å²) >= 11 is 6.51. The number of phenolic OH excluding ortho intramolecular Hbond substituents is 1. The second-order valence-electron chi connectivity index (χ2n) is 5.71. The first-order valence-corrected chi connectivity index (χ1v) is 9.51. The van der Waals surface area contributed by atoms with E-state index in [0.29, 0.717) is 16.0 Å². The Morgan fingerprint density at radius 2 is 2.00 bits per heavy atom. The molecular formula is C20H17NO4S2. The van der Waals surface area contributed by atoms with Crippen molar-refractivity contribution in [3.63, 3.8) is 0 Å². The Hall–Kier alpha value is -2.64. The minimum absolute atomic E-state index is 0.105. The fraction of sp³-hybridized carbons (Fsp3) is 0.150. The van der Waals surface area contributed by atoms with Crippen molar-refractivity contribution in [2.75, 3.05) is 6.61 Å². The van der Waals surface area contributed by atoms with Gasteiger partial charge in [-0.25, -0.2) is 4.79 Å². The predicted octanol–water partition coefficient (Wildman–Crippen LogP) is 3.90. The number of thiocarbonyl (C=S) groups is 1. The molecule has 1 aliphatic heterocycles. The van der Waals surface area contributed by atoms with Gasteiger partial charge in [-0.2, -0.15) is 0 Å². The molecule has 0 spiro atoms. The van der Waals surface area contributed by atoms with Gasteiger partial charge in [0.2, 0.25) is 0 Å². The van der Waals surface area contributed by atoms with E-state index >= 15 is 0 Å². The first-order valence-electron chi connectivity index (χ1n) is 8.29. The third kappa shape index (κ3) is 4.20. The van der Waals surface area contributed by atoms with Crippen LogP contribution in [0.2, 0.25) is 0 Å². The maximum absolute atomic E-state index is 13.0. The van der Waals surface area contributed by atoms with Crippen LogP contribution >= 0.6 is 24.0 Å². The summed E-state index contributed by atoms with van der Waals surface area (Å²) in [6.07, 6.45) is 1.65. The van der Waals surface area contributed by atoms with Gasteiger partial charge in [-0.1, -0.05) is 66.4 Å². The van der Waals surface area contributed by atoms with Gasteiger partial charge >= 0.3 is 5.97 Å². The van der Waals surface area contributed by atoms with Crippen LogP contribution in [0.5, 0.6) is 5.75 Å². The van der Waals surface area contributed by atoms with Gasteiger partial charge in [0.1, 0.15) is 10.1 Å². The van der Waals surface area contributed by atoms with E-state index in [0.717, 1.165) is 11.8 Å². The Morgan fingerprint density at radius 1 is 1.26 bits per heavy atom. The highest BCUT2D eigenvalue weighted by molar-refractivity contribution is 8.26. The molecule has 27 heavy (non-hydrogen) atoms. The molecule has 1 N–H and O–H groups in total. The standard InChI is InChI=1S/C20H17NO4S2/c1-2-25-19(24)17(14-8-4-3-5-9-14)21-18(23)16(27-20(21)26)12-13-7-6-10-15(22)11-13/h3-12,17,22H,2H2,1H3/b16-12+. The average molecular weight is 399 g/mol. The van der Waals surface area contributed by atoms with Crippen LogP contribution in [0.4, 0.5) is 0 Å². The van der Waals surface area contributed by atoms with E-state index in [1.807, 2.05) is 6.07 Å². The van der Waals surface area contributed by atoms with Crippen molar-refractivity contribution in [1.82, 2.24) is 4.90 Å². The molecule has 2 aromatic carbocycles. The molecule has 1 unspecified atom stereocenters. The van der Waals surface area contributed by atoms with Crippen LogP contribution in [-0.4, -0.2) is 32.8 Å². The summed E-state index contributed by atoms with van der Waals surface area (Å²) in [5, 5.41) is 9.61. The van der Waals surface area contributed by atoms with E-state index in [-0.39, 0.29) is 22.6 Å². The number of aromatic hydroxyl groups is 1. The van der Waals surface area contributed by atoms with E-state index in [1.54, 1.807) is 61.5 Å². The summed E-state index contributed by atoms with van der Waals surface area (Å²) in [5.41, 5.74) is 1.30. The van der Waals surface area contributed by atoms with Gasteiger partial charge in [0.15, 0.2) is 6.04 Å². The summed E-state index contributed by atoms with van der Waals surface area (Å²) in [7, 11) is 0. The van der Waals surface area contributed by atoms with E-state index in [2.05, 4.69) is 0 Å². The number of nitrogens with zero attached hydrogens (tertiary/aromatic N) is 1. The first kappa shape index (κ1) is 19.1. The fourth-order valence-electron chi connectivity index (χ4n) is 2.72. The topological polar surface area (TPSA) is 66.8 Å². The number of carbonyl (C=O) groups excluding carboxylic acids is 2. The van der Waals surface area contributed by atoms with Crippen molar-refractivity contribution in [1.29, 1.82) is 0 Å². The van der Waals surface area contributed by atoms with E-state index in [1.165, 1.54) is 4.90 Å². The SMILES string of the molecule is CCOC(=O)C(c1ccccc1)N1C(=O)/C(=C\c2cccc(O)c2)SC1=S. The van der Waals surface area contributed by atoms with Gasteiger partial charge in [0, 0.05) is 0 Å². The Labute approximate surface area is 166 Å². The summed E-state index contributed by atoms with van der Waals surface area (Å²) in [6.45, 7) is 1.92. The van der Waals surface area contributed by atoms with Gasteiger partial charge < -0.3 is 9.84 Å². The number of thioether (sulfide) groups is 1. The van der Waals surface area contributed by atoms with E-state index in [4.69, 9.17) is 17.0 Å². The maximum atomic E-state index is 13.0. The zero-order valence-corrected chi connectivity index (χ0v) is 16.1. The number of phenols is 1. The molecule has 138 valence electrons. The molecule has 1 aliphatic rings. The largest absolute Gasteiger partial charge is 0.508 e. The number of hydrogen-bond donors (Lipinski definition) is 1. The third-order valence-corrected chi connectivity index (χ3v) is 5.21. The molecule has 0 aliphatic carbocycles. The molecule has 1 fully saturated rings. The lowest BCUT2D eigenvalue weighted by Crippen LogP contribution is -2.38. The Bertz CT molecular complexity index is 911. The minimum Gasteiger partial charge on any atom is -0.508 e. The van der Waals surface area contributed by atoms with Crippen molar-refractivity contribution < 1.29 is 19.4 Å². The highest BCUT2D eigenvalue weighted by Crippen LogP contribution is 2.38. The fourth-order valence-corrected chi connectivity index (χ4v) is 4.03. The molecule has 2 aromatic rings. The highest BCUT2D eigenvalue weighted by atomic mass is 32.2. The summed E-state index contributed by atoms with van der Waals surface area (Å²) in [6, 6.07) is 14.6. The van der Waals surface area contributed by atoms with Crippen LogP contribution < -0.4 is 0 Å². The Morgan fingerprint density at radius 3 is 2.67 bits per heavy atom. The van der Waals surface area contributed by atoms with Gasteiger partial charge in [0.25, 0.3) is 5.91 Å². The lowest BCUT2D eigenvalue weighted by atomic mass is 10.1. The molecule has 7 heteroatoms. The molecular weight excluding hydrogens is 382 g/mol.